The van der Waals surface area contributed by atoms with Gasteiger partial charge in [0.2, 0.25) is 0 Å². The van der Waals surface area contributed by atoms with Crippen LogP contribution in [0, 0.1) is 12.3 Å². The predicted octanol–water partition coefficient (Wildman–Crippen LogP) is 2.18. The van der Waals surface area contributed by atoms with E-state index in [9.17, 15) is 0 Å². The molecule has 0 spiro atoms. The first-order chi connectivity index (χ1) is 8.10. The molecule has 1 aliphatic rings. The van der Waals surface area contributed by atoms with Crippen molar-refractivity contribution in [2.75, 3.05) is 32.1 Å². The number of hydrogen-bond donors (Lipinski definition) is 1. The Morgan fingerprint density at radius 2 is 2.12 bits per heavy atom. The number of anilines is 1. The van der Waals surface area contributed by atoms with Crippen LogP contribution in [0.15, 0.2) is 18.2 Å². The Labute approximate surface area is 104 Å². The van der Waals surface area contributed by atoms with Crippen molar-refractivity contribution in [2.24, 2.45) is 11.1 Å². The zero-order valence-corrected chi connectivity index (χ0v) is 11.0. The molecule has 1 aliphatic carbocycles. The van der Waals surface area contributed by atoms with E-state index in [1.54, 1.807) is 7.11 Å². The maximum atomic E-state index is 5.84. The average Bonchev–Trinajstić information content (AvgIpc) is 3.09. The second-order valence-electron chi connectivity index (χ2n) is 5.24. The number of benzene rings is 1. The Hall–Kier alpha value is -1.22. The molecule has 17 heavy (non-hydrogen) atoms. The van der Waals surface area contributed by atoms with Gasteiger partial charge >= 0.3 is 0 Å². The van der Waals surface area contributed by atoms with Crippen molar-refractivity contribution in [1.82, 2.24) is 0 Å². The van der Waals surface area contributed by atoms with Gasteiger partial charge in [0, 0.05) is 19.0 Å². The van der Waals surface area contributed by atoms with E-state index < -0.39 is 0 Å². The summed E-state index contributed by atoms with van der Waals surface area (Å²) in [6, 6.07) is 6.28. The Bertz CT molecular complexity index is 399. The smallest absolute Gasteiger partial charge is 0.142 e. The lowest BCUT2D eigenvalue weighted by molar-refractivity contribution is 0.413. The average molecular weight is 234 g/mol. The molecule has 3 nitrogen and oxygen atoms in total. The first-order valence-electron chi connectivity index (χ1n) is 6.16. The van der Waals surface area contributed by atoms with Crippen molar-refractivity contribution in [2.45, 2.75) is 19.8 Å². The minimum absolute atomic E-state index is 0.351. The lowest BCUT2D eigenvalue weighted by Gasteiger charge is -2.26. The van der Waals surface area contributed by atoms with E-state index >= 15 is 0 Å². The summed E-state index contributed by atoms with van der Waals surface area (Å²) in [5.41, 5.74) is 8.60. The molecule has 0 aromatic heterocycles. The fourth-order valence-electron chi connectivity index (χ4n) is 2.29. The highest BCUT2D eigenvalue weighted by Crippen LogP contribution is 2.46. The van der Waals surface area contributed by atoms with Gasteiger partial charge in [0.25, 0.3) is 0 Å². The molecule has 0 bridgehead atoms. The first-order valence-corrected chi connectivity index (χ1v) is 6.16. The van der Waals surface area contributed by atoms with Gasteiger partial charge in [-0.05, 0) is 44.0 Å². The fourth-order valence-corrected chi connectivity index (χ4v) is 2.29. The molecule has 0 amide bonds. The number of methoxy groups -OCH3 is 1. The van der Waals surface area contributed by atoms with Gasteiger partial charge in [0.05, 0.1) is 12.8 Å². The molecule has 0 atom stereocenters. The summed E-state index contributed by atoms with van der Waals surface area (Å²) in [7, 11) is 3.84. The molecule has 0 unspecified atom stereocenters. The van der Waals surface area contributed by atoms with Gasteiger partial charge in [0.1, 0.15) is 5.75 Å². The Morgan fingerprint density at radius 3 is 2.65 bits per heavy atom. The molecule has 1 aromatic carbocycles. The molecule has 0 radical (unpaired) electrons. The van der Waals surface area contributed by atoms with Crippen molar-refractivity contribution in [3.05, 3.63) is 23.8 Å². The Morgan fingerprint density at radius 1 is 1.41 bits per heavy atom. The SMILES string of the molecule is COc1ccc(C)cc1N(C)CC1(CN)CC1. The molecule has 0 saturated heterocycles. The third-order valence-corrected chi connectivity index (χ3v) is 3.71. The van der Waals surface area contributed by atoms with Crippen LogP contribution in [0.3, 0.4) is 0 Å². The van der Waals surface area contributed by atoms with E-state index in [1.165, 1.54) is 18.4 Å². The highest BCUT2D eigenvalue weighted by atomic mass is 16.5. The second-order valence-corrected chi connectivity index (χ2v) is 5.24. The van der Waals surface area contributed by atoms with E-state index in [0.29, 0.717) is 5.41 Å². The summed E-state index contributed by atoms with van der Waals surface area (Å²) in [4.78, 5) is 2.27. The number of ether oxygens (including phenoxy) is 1. The van der Waals surface area contributed by atoms with E-state index in [1.807, 2.05) is 6.07 Å². The van der Waals surface area contributed by atoms with Crippen LogP contribution in [0.5, 0.6) is 5.75 Å². The molecule has 2 rings (SSSR count). The van der Waals surface area contributed by atoms with Gasteiger partial charge in [-0.25, -0.2) is 0 Å². The summed E-state index contributed by atoms with van der Waals surface area (Å²) >= 11 is 0. The lowest BCUT2D eigenvalue weighted by atomic mass is 10.1. The Kier molecular flexibility index (Phi) is 3.29. The van der Waals surface area contributed by atoms with Crippen molar-refractivity contribution in [3.8, 4) is 5.75 Å². The fraction of sp³-hybridized carbons (Fsp3) is 0.571. The van der Waals surface area contributed by atoms with Crippen LogP contribution in [0.2, 0.25) is 0 Å². The van der Waals surface area contributed by atoms with Gasteiger partial charge < -0.3 is 15.4 Å². The molecule has 1 fully saturated rings. The Balaban J connectivity index is 2.17. The third kappa shape index (κ3) is 2.55. The lowest BCUT2D eigenvalue weighted by Crippen LogP contribution is -2.31. The quantitative estimate of drug-likeness (QED) is 0.848. The highest BCUT2D eigenvalue weighted by molar-refractivity contribution is 5.59. The largest absolute Gasteiger partial charge is 0.495 e. The molecule has 1 saturated carbocycles. The normalized spacial score (nSPS) is 16.7. The summed E-state index contributed by atoms with van der Waals surface area (Å²) < 4.78 is 5.42. The molecule has 0 heterocycles. The molecule has 3 heteroatoms. The van der Waals surface area contributed by atoms with E-state index in [-0.39, 0.29) is 0 Å². The number of nitrogens with zero attached hydrogens (tertiary/aromatic N) is 1. The second kappa shape index (κ2) is 4.57. The number of nitrogens with two attached hydrogens (primary N) is 1. The first kappa shape index (κ1) is 12.2. The molecule has 2 N–H and O–H groups in total. The molecule has 94 valence electrons. The van der Waals surface area contributed by atoms with E-state index in [0.717, 1.165) is 24.5 Å². The maximum Gasteiger partial charge on any atom is 0.142 e. The van der Waals surface area contributed by atoms with Crippen molar-refractivity contribution >= 4 is 5.69 Å². The van der Waals surface area contributed by atoms with Crippen LogP contribution < -0.4 is 15.4 Å². The van der Waals surface area contributed by atoms with E-state index in [2.05, 4.69) is 31.0 Å². The maximum absolute atomic E-state index is 5.84. The van der Waals surface area contributed by atoms with Crippen LogP contribution in [0.4, 0.5) is 5.69 Å². The summed E-state index contributed by atoms with van der Waals surface area (Å²) in [5.74, 6) is 0.936. The number of aryl methyl sites for hydroxylation is 1. The molecule has 0 aliphatic heterocycles. The van der Waals surface area contributed by atoms with Crippen molar-refractivity contribution in [3.63, 3.8) is 0 Å². The van der Waals surface area contributed by atoms with Crippen LogP contribution in [-0.4, -0.2) is 27.2 Å². The minimum atomic E-state index is 0.351. The summed E-state index contributed by atoms with van der Waals surface area (Å²) in [5, 5.41) is 0. The third-order valence-electron chi connectivity index (χ3n) is 3.71. The van der Waals surface area contributed by atoms with Crippen molar-refractivity contribution in [1.29, 1.82) is 0 Å². The van der Waals surface area contributed by atoms with Gasteiger partial charge in [0.15, 0.2) is 0 Å². The van der Waals surface area contributed by atoms with E-state index in [4.69, 9.17) is 10.5 Å². The van der Waals surface area contributed by atoms with Crippen LogP contribution in [0.1, 0.15) is 18.4 Å². The topological polar surface area (TPSA) is 38.5 Å². The minimum Gasteiger partial charge on any atom is -0.495 e. The zero-order chi connectivity index (χ0) is 12.5. The van der Waals surface area contributed by atoms with Gasteiger partial charge in [-0.2, -0.15) is 0 Å². The van der Waals surface area contributed by atoms with Crippen molar-refractivity contribution < 1.29 is 4.74 Å². The zero-order valence-electron chi connectivity index (χ0n) is 11.0. The monoisotopic (exact) mass is 234 g/mol. The number of rotatable bonds is 5. The summed E-state index contributed by atoms with van der Waals surface area (Å²) in [6.07, 6.45) is 2.50. The molecular weight excluding hydrogens is 212 g/mol. The van der Waals surface area contributed by atoms with Crippen LogP contribution in [0.25, 0.3) is 0 Å². The molecular formula is C14H22N2O. The van der Waals surface area contributed by atoms with Crippen LogP contribution in [-0.2, 0) is 0 Å². The highest BCUT2D eigenvalue weighted by Gasteiger charge is 2.42. The molecule has 1 aromatic rings. The number of hydrogen-bond acceptors (Lipinski definition) is 3. The predicted molar refractivity (Wildman–Crippen MR) is 71.7 cm³/mol. The summed E-state index contributed by atoms with van der Waals surface area (Å²) in [6.45, 7) is 3.90. The van der Waals surface area contributed by atoms with Gasteiger partial charge in [-0.3, -0.25) is 0 Å². The van der Waals surface area contributed by atoms with Gasteiger partial charge in [-0.1, -0.05) is 6.07 Å². The standard InChI is InChI=1S/C14H22N2O/c1-11-4-5-13(17-3)12(8-11)16(2)10-14(9-15)6-7-14/h4-5,8H,6-7,9-10,15H2,1-3H3. The van der Waals surface area contributed by atoms with Crippen LogP contribution >= 0.6 is 0 Å². The van der Waals surface area contributed by atoms with Gasteiger partial charge in [-0.15, -0.1) is 0 Å².